The number of ether oxygens (including phenoxy) is 1. The minimum Gasteiger partial charge on any atom is -0.480 e. The van der Waals surface area contributed by atoms with Crippen LogP contribution in [-0.4, -0.2) is 48.7 Å². The first-order valence-corrected chi connectivity index (χ1v) is 5.44. The van der Waals surface area contributed by atoms with E-state index in [1.165, 1.54) is 7.11 Å². The SMILES string of the molecule is COCCC(N)C(=O)N[C@H](CCC(N)=O)C(=O)O. The zero-order valence-corrected chi connectivity index (χ0v) is 10.2. The van der Waals surface area contributed by atoms with Gasteiger partial charge in [0, 0.05) is 20.1 Å². The number of nitrogens with one attached hydrogen (secondary N) is 1. The van der Waals surface area contributed by atoms with Crippen molar-refractivity contribution in [3.8, 4) is 0 Å². The van der Waals surface area contributed by atoms with Crippen molar-refractivity contribution < 1.29 is 24.2 Å². The van der Waals surface area contributed by atoms with Crippen molar-refractivity contribution in [2.75, 3.05) is 13.7 Å². The van der Waals surface area contributed by atoms with E-state index in [4.69, 9.17) is 21.3 Å². The molecule has 0 aromatic heterocycles. The number of amides is 2. The third-order valence-electron chi connectivity index (χ3n) is 2.26. The van der Waals surface area contributed by atoms with Crippen LogP contribution < -0.4 is 16.8 Å². The highest BCUT2D eigenvalue weighted by Gasteiger charge is 2.23. The van der Waals surface area contributed by atoms with Crippen LogP contribution in [0.4, 0.5) is 0 Å². The van der Waals surface area contributed by atoms with Gasteiger partial charge in [-0.25, -0.2) is 4.79 Å². The maximum atomic E-state index is 11.5. The van der Waals surface area contributed by atoms with Crippen LogP contribution in [0.15, 0.2) is 0 Å². The summed E-state index contributed by atoms with van der Waals surface area (Å²) in [6.07, 6.45) is 0.0997. The van der Waals surface area contributed by atoms with Crippen molar-refractivity contribution in [3.63, 3.8) is 0 Å². The first kappa shape index (κ1) is 16.3. The molecule has 104 valence electrons. The van der Waals surface area contributed by atoms with E-state index in [2.05, 4.69) is 5.32 Å². The minimum absolute atomic E-state index is 0.0621. The van der Waals surface area contributed by atoms with Gasteiger partial charge >= 0.3 is 5.97 Å². The first-order chi connectivity index (χ1) is 8.38. The molecule has 0 fully saturated rings. The van der Waals surface area contributed by atoms with Crippen molar-refractivity contribution in [1.29, 1.82) is 0 Å². The molecule has 0 bridgehead atoms. The van der Waals surface area contributed by atoms with Crippen molar-refractivity contribution in [1.82, 2.24) is 5.32 Å². The van der Waals surface area contributed by atoms with Gasteiger partial charge in [-0.1, -0.05) is 0 Å². The molecular formula is C10H19N3O5. The van der Waals surface area contributed by atoms with Crippen LogP contribution in [0.2, 0.25) is 0 Å². The van der Waals surface area contributed by atoms with Crippen LogP contribution >= 0.6 is 0 Å². The molecule has 0 saturated heterocycles. The van der Waals surface area contributed by atoms with Gasteiger partial charge in [-0.3, -0.25) is 9.59 Å². The predicted molar refractivity (Wildman–Crippen MR) is 62.5 cm³/mol. The molecular weight excluding hydrogens is 242 g/mol. The number of primary amides is 1. The lowest BCUT2D eigenvalue weighted by Crippen LogP contribution is -2.49. The average Bonchev–Trinajstić information content (AvgIpc) is 2.30. The van der Waals surface area contributed by atoms with E-state index in [0.29, 0.717) is 6.61 Å². The molecule has 0 spiro atoms. The Morgan fingerprint density at radius 1 is 1.33 bits per heavy atom. The van der Waals surface area contributed by atoms with E-state index in [-0.39, 0.29) is 19.3 Å². The lowest BCUT2D eigenvalue weighted by molar-refractivity contribution is -0.142. The van der Waals surface area contributed by atoms with Gasteiger partial charge in [-0.2, -0.15) is 0 Å². The van der Waals surface area contributed by atoms with E-state index in [0.717, 1.165) is 0 Å². The first-order valence-electron chi connectivity index (χ1n) is 5.44. The van der Waals surface area contributed by atoms with Gasteiger partial charge < -0.3 is 26.6 Å². The summed E-state index contributed by atoms with van der Waals surface area (Å²) in [5.74, 6) is -2.45. The van der Waals surface area contributed by atoms with Crippen LogP contribution in [0.25, 0.3) is 0 Å². The molecule has 8 nitrogen and oxygen atoms in total. The van der Waals surface area contributed by atoms with Gasteiger partial charge in [0.15, 0.2) is 0 Å². The van der Waals surface area contributed by atoms with Gasteiger partial charge in [0.25, 0.3) is 0 Å². The maximum absolute atomic E-state index is 11.5. The summed E-state index contributed by atoms with van der Waals surface area (Å²) in [5, 5.41) is 11.1. The summed E-state index contributed by atoms with van der Waals surface area (Å²) in [7, 11) is 1.47. The fraction of sp³-hybridized carbons (Fsp3) is 0.700. The van der Waals surface area contributed by atoms with E-state index in [1.54, 1.807) is 0 Å². The minimum atomic E-state index is -1.23. The van der Waals surface area contributed by atoms with Crippen molar-refractivity contribution in [2.45, 2.75) is 31.3 Å². The summed E-state index contributed by atoms with van der Waals surface area (Å²) in [5.41, 5.74) is 10.4. The molecule has 0 aromatic rings. The molecule has 0 radical (unpaired) electrons. The zero-order valence-electron chi connectivity index (χ0n) is 10.2. The Morgan fingerprint density at radius 3 is 2.39 bits per heavy atom. The second kappa shape index (κ2) is 8.43. The normalized spacial score (nSPS) is 13.7. The molecule has 0 aliphatic rings. The molecule has 0 aliphatic carbocycles. The zero-order chi connectivity index (χ0) is 14.1. The molecule has 8 heteroatoms. The highest BCUT2D eigenvalue weighted by molar-refractivity contribution is 5.87. The second-order valence-corrected chi connectivity index (χ2v) is 3.79. The van der Waals surface area contributed by atoms with Crippen LogP contribution in [0.3, 0.4) is 0 Å². The largest absolute Gasteiger partial charge is 0.480 e. The number of rotatable bonds is 9. The van der Waals surface area contributed by atoms with Crippen molar-refractivity contribution in [3.05, 3.63) is 0 Å². The number of hydrogen-bond donors (Lipinski definition) is 4. The summed E-state index contributed by atoms with van der Waals surface area (Å²) < 4.78 is 4.76. The number of hydrogen-bond acceptors (Lipinski definition) is 5. The van der Waals surface area contributed by atoms with E-state index < -0.39 is 29.9 Å². The van der Waals surface area contributed by atoms with Crippen molar-refractivity contribution >= 4 is 17.8 Å². The smallest absolute Gasteiger partial charge is 0.326 e. The molecule has 0 aliphatic heterocycles. The number of aliphatic carboxylic acids is 1. The van der Waals surface area contributed by atoms with Gasteiger partial charge in [0.05, 0.1) is 6.04 Å². The Bertz CT molecular complexity index is 308. The molecule has 0 saturated carbocycles. The third-order valence-corrected chi connectivity index (χ3v) is 2.26. The molecule has 6 N–H and O–H groups in total. The number of carboxylic acid groups (broad SMARTS) is 1. The fourth-order valence-corrected chi connectivity index (χ4v) is 1.20. The van der Waals surface area contributed by atoms with Gasteiger partial charge in [-0.05, 0) is 12.8 Å². The molecule has 1 unspecified atom stereocenters. The van der Waals surface area contributed by atoms with Gasteiger partial charge in [-0.15, -0.1) is 0 Å². The number of nitrogens with two attached hydrogens (primary N) is 2. The lowest BCUT2D eigenvalue weighted by Gasteiger charge is -2.17. The monoisotopic (exact) mass is 261 g/mol. The summed E-state index contributed by atoms with van der Waals surface area (Å²) in [4.78, 5) is 33.0. The van der Waals surface area contributed by atoms with Gasteiger partial charge in [0.2, 0.25) is 11.8 Å². The maximum Gasteiger partial charge on any atom is 0.326 e. The summed E-state index contributed by atoms with van der Waals surface area (Å²) >= 11 is 0. The molecule has 0 aromatic carbocycles. The predicted octanol–water partition coefficient (Wildman–Crippen LogP) is -1.81. The van der Waals surface area contributed by atoms with Crippen molar-refractivity contribution in [2.24, 2.45) is 11.5 Å². The van der Waals surface area contributed by atoms with E-state index >= 15 is 0 Å². The molecule has 2 atom stereocenters. The highest BCUT2D eigenvalue weighted by atomic mass is 16.5. The second-order valence-electron chi connectivity index (χ2n) is 3.79. The quantitative estimate of drug-likeness (QED) is 0.385. The Hall–Kier alpha value is -1.67. The standard InChI is InChI=1S/C10H19N3O5/c1-18-5-4-6(11)9(15)13-7(10(16)17)2-3-8(12)14/h6-7H,2-5,11H2,1H3,(H2,12,14)(H,13,15)(H,16,17)/t6?,7-/m1/s1. The van der Waals surface area contributed by atoms with Crippen LogP contribution in [0.1, 0.15) is 19.3 Å². The molecule has 0 heterocycles. The Kier molecular flexibility index (Phi) is 7.64. The highest BCUT2D eigenvalue weighted by Crippen LogP contribution is 1.99. The fourth-order valence-electron chi connectivity index (χ4n) is 1.20. The Morgan fingerprint density at radius 2 is 1.94 bits per heavy atom. The summed E-state index contributed by atoms with van der Waals surface area (Å²) in [6, 6.07) is -2.01. The molecule has 18 heavy (non-hydrogen) atoms. The lowest BCUT2D eigenvalue weighted by atomic mass is 10.1. The number of carbonyl (C=O) groups excluding carboxylic acids is 2. The van der Waals surface area contributed by atoms with E-state index in [1.807, 2.05) is 0 Å². The van der Waals surface area contributed by atoms with Crippen LogP contribution in [0.5, 0.6) is 0 Å². The number of carboxylic acids is 1. The number of carbonyl (C=O) groups is 3. The Balaban J connectivity index is 4.26. The topological polar surface area (TPSA) is 145 Å². The number of methoxy groups -OCH3 is 1. The third kappa shape index (κ3) is 6.81. The Labute approximate surface area is 105 Å². The summed E-state index contributed by atoms with van der Waals surface area (Å²) in [6.45, 7) is 0.299. The molecule has 2 amide bonds. The van der Waals surface area contributed by atoms with Gasteiger partial charge in [0.1, 0.15) is 6.04 Å². The van der Waals surface area contributed by atoms with Crippen LogP contribution in [0, 0.1) is 0 Å². The average molecular weight is 261 g/mol. The molecule has 0 rings (SSSR count). The van der Waals surface area contributed by atoms with E-state index in [9.17, 15) is 14.4 Å². The van der Waals surface area contributed by atoms with Crippen LogP contribution in [-0.2, 0) is 19.1 Å².